The highest BCUT2D eigenvalue weighted by Crippen LogP contribution is 2.14. The first-order chi connectivity index (χ1) is 18.0. The molecule has 0 radical (unpaired) electrons. The number of fused-ring (bicyclic) bond motifs is 1. The molecule has 0 saturated carbocycles. The van der Waals surface area contributed by atoms with E-state index in [-0.39, 0.29) is 5.56 Å². The molecule has 2 heterocycles. The Kier molecular flexibility index (Phi) is 15.8. The fraction of sp³-hybridized carbons (Fsp3) is 0.357. The van der Waals surface area contributed by atoms with Crippen LogP contribution in [0.1, 0.15) is 29.3 Å². The van der Waals surface area contributed by atoms with Gasteiger partial charge in [-0.15, -0.1) is 6.58 Å². The summed E-state index contributed by atoms with van der Waals surface area (Å²) in [5, 5.41) is 14.3. The van der Waals surface area contributed by atoms with Crippen LogP contribution in [0, 0.1) is 6.92 Å². The van der Waals surface area contributed by atoms with Gasteiger partial charge >= 0.3 is 0 Å². The monoisotopic (exact) mass is 508 g/mol. The van der Waals surface area contributed by atoms with Crippen LogP contribution in [0.5, 0.6) is 0 Å². The lowest BCUT2D eigenvalue weighted by Gasteiger charge is -2.34. The van der Waals surface area contributed by atoms with Crippen LogP contribution in [-0.4, -0.2) is 79.1 Å². The molecule has 0 spiro atoms. The number of nitrogens with one attached hydrogen (secondary N) is 2. The topological polar surface area (TPSA) is 111 Å². The summed E-state index contributed by atoms with van der Waals surface area (Å²) in [6.45, 7) is 15.4. The highest BCUT2D eigenvalue weighted by atomic mass is 16.5. The maximum atomic E-state index is 11.2. The Morgan fingerprint density at radius 3 is 2.19 bits per heavy atom. The summed E-state index contributed by atoms with van der Waals surface area (Å²) in [5.74, 6) is 0.0150. The van der Waals surface area contributed by atoms with Gasteiger partial charge in [-0.25, -0.2) is 15.4 Å². The van der Waals surface area contributed by atoms with Gasteiger partial charge in [0.1, 0.15) is 6.79 Å². The average molecular weight is 509 g/mol. The van der Waals surface area contributed by atoms with Gasteiger partial charge in [-0.1, -0.05) is 61.0 Å². The number of piperazine rings is 1. The van der Waals surface area contributed by atoms with Crippen molar-refractivity contribution in [3.63, 3.8) is 0 Å². The molecule has 0 unspecified atom stereocenters. The second-order valence-electron chi connectivity index (χ2n) is 8.19. The largest absolute Gasteiger partial charge is 0.338 e. The Morgan fingerprint density at radius 1 is 1.05 bits per heavy atom. The molecule has 37 heavy (non-hydrogen) atoms. The highest BCUT2D eigenvalue weighted by Gasteiger charge is 2.18. The fourth-order valence-corrected chi connectivity index (χ4v) is 3.42. The number of hydroxylamine groups is 1. The number of nitrogens with zero attached hydrogens (tertiary/aromatic N) is 4. The summed E-state index contributed by atoms with van der Waals surface area (Å²) in [7, 11) is 1.95. The average Bonchev–Trinajstić information content (AvgIpc) is 2.97. The zero-order valence-electron chi connectivity index (χ0n) is 22.2. The van der Waals surface area contributed by atoms with Gasteiger partial charge in [0, 0.05) is 51.7 Å². The zero-order valence-corrected chi connectivity index (χ0v) is 22.2. The lowest BCUT2D eigenvalue weighted by atomic mass is 10.1. The number of benzene rings is 2. The third kappa shape index (κ3) is 11.3. The lowest BCUT2D eigenvalue weighted by Crippen LogP contribution is -2.48. The second-order valence-corrected chi connectivity index (χ2v) is 8.19. The summed E-state index contributed by atoms with van der Waals surface area (Å²) in [6, 6.07) is 14.9. The van der Waals surface area contributed by atoms with Crippen LogP contribution in [0.2, 0.25) is 0 Å². The molecule has 1 saturated heterocycles. The third-order valence-corrected chi connectivity index (χ3v) is 5.53. The molecule has 1 aliphatic heterocycles. The van der Waals surface area contributed by atoms with Crippen molar-refractivity contribution in [3.05, 3.63) is 78.6 Å². The van der Waals surface area contributed by atoms with Crippen molar-refractivity contribution in [2.75, 3.05) is 51.2 Å². The van der Waals surface area contributed by atoms with Crippen LogP contribution in [-0.2, 0) is 4.79 Å². The summed E-state index contributed by atoms with van der Waals surface area (Å²) in [6.07, 6.45) is 5.79. The number of allylic oxidation sites excluding steroid dienone is 1. The van der Waals surface area contributed by atoms with Gasteiger partial charge in [-0.05, 0) is 31.2 Å². The third-order valence-electron chi connectivity index (χ3n) is 5.53. The Hall–Kier alpha value is -3.66. The van der Waals surface area contributed by atoms with Crippen molar-refractivity contribution < 1.29 is 14.8 Å². The van der Waals surface area contributed by atoms with E-state index in [0.29, 0.717) is 5.95 Å². The molecule has 0 atom stereocenters. The van der Waals surface area contributed by atoms with Gasteiger partial charge < -0.3 is 15.0 Å². The number of hydrogen-bond donors (Lipinski definition) is 3. The first-order valence-corrected chi connectivity index (χ1v) is 12.3. The molecule has 3 N–H and O–H groups in total. The highest BCUT2D eigenvalue weighted by molar-refractivity contribution is 5.92. The van der Waals surface area contributed by atoms with Gasteiger partial charge in [0.2, 0.25) is 5.95 Å². The molecule has 4 rings (SSSR count). The minimum absolute atomic E-state index is 0.240. The molecule has 9 nitrogen and oxygen atoms in total. The van der Waals surface area contributed by atoms with Crippen LogP contribution in [0.3, 0.4) is 0 Å². The molecule has 0 aliphatic carbocycles. The normalized spacial score (nSPS) is 12.6. The number of anilines is 1. The Labute approximate surface area is 220 Å². The molecule has 2 aromatic carbocycles. The Morgan fingerprint density at radius 2 is 1.65 bits per heavy atom. The molecule has 1 amide bonds. The number of aromatic nitrogens is 2. The smallest absolute Gasteiger partial charge is 0.277 e. The van der Waals surface area contributed by atoms with Gasteiger partial charge in [-0.3, -0.25) is 14.9 Å². The van der Waals surface area contributed by atoms with E-state index in [1.807, 2.05) is 19.9 Å². The first kappa shape index (κ1) is 31.4. The summed E-state index contributed by atoms with van der Waals surface area (Å²) < 4.78 is 0. The summed E-state index contributed by atoms with van der Waals surface area (Å²) in [4.78, 5) is 32.0. The molecule has 200 valence electrons. The van der Waals surface area contributed by atoms with Crippen molar-refractivity contribution in [2.45, 2.75) is 20.3 Å². The van der Waals surface area contributed by atoms with E-state index in [0.717, 1.165) is 45.7 Å². The Balaban J connectivity index is 0.000000336. The van der Waals surface area contributed by atoms with E-state index in [9.17, 15) is 4.79 Å². The zero-order chi connectivity index (χ0) is 27.5. The molecule has 9 heteroatoms. The summed E-state index contributed by atoms with van der Waals surface area (Å²) >= 11 is 0. The summed E-state index contributed by atoms with van der Waals surface area (Å²) in [5.41, 5.74) is 3.12. The number of carbonyl (C=O) groups excluding carboxylic acids is 2. The number of likely N-dealkylation sites (N-methyl/N-ethyl adjacent to an activating group) is 1. The van der Waals surface area contributed by atoms with Gasteiger partial charge in [0.25, 0.3) is 5.91 Å². The second kappa shape index (κ2) is 18.6. The number of hydrogen-bond acceptors (Lipinski definition) is 8. The van der Waals surface area contributed by atoms with E-state index in [4.69, 9.17) is 10.0 Å². The molecular formula is C28H40N6O3. The van der Waals surface area contributed by atoms with Crippen LogP contribution < -0.4 is 15.7 Å². The number of rotatable bonds is 6. The minimum Gasteiger partial charge on any atom is -0.338 e. The predicted octanol–water partition coefficient (Wildman–Crippen LogP) is 3.48. The van der Waals surface area contributed by atoms with Gasteiger partial charge in [-0.2, -0.15) is 0 Å². The van der Waals surface area contributed by atoms with E-state index < -0.39 is 5.91 Å². The number of amides is 1. The van der Waals surface area contributed by atoms with Crippen molar-refractivity contribution in [1.29, 1.82) is 0 Å². The molecule has 3 aromatic rings. The van der Waals surface area contributed by atoms with E-state index in [1.165, 1.54) is 28.7 Å². The van der Waals surface area contributed by atoms with Gasteiger partial charge in [0.05, 0.1) is 5.56 Å². The predicted molar refractivity (Wildman–Crippen MR) is 150 cm³/mol. The van der Waals surface area contributed by atoms with E-state index in [1.54, 1.807) is 5.48 Å². The van der Waals surface area contributed by atoms with E-state index >= 15 is 0 Å². The Bertz CT molecular complexity index is 1050. The van der Waals surface area contributed by atoms with Crippen molar-refractivity contribution in [2.24, 2.45) is 0 Å². The van der Waals surface area contributed by atoms with E-state index in [2.05, 4.69) is 88.0 Å². The quantitative estimate of drug-likeness (QED) is 0.264. The maximum absolute atomic E-state index is 11.2. The van der Waals surface area contributed by atoms with Crippen LogP contribution in [0.4, 0.5) is 5.95 Å². The molecule has 1 fully saturated rings. The van der Waals surface area contributed by atoms with Crippen LogP contribution in [0.15, 0.2) is 67.5 Å². The fourth-order valence-electron chi connectivity index (χ4n) is 3.42. The lowest BCUT2D eigenvalue weighted by molar-refractivity contribution is -0.0980. The van der Waals surface area contributed by atoms with Crippen LogP contribution in [0.25, 0.3) is 10.8 Å². The molecule has 0 bridgehead atoms. The van der Waals surface area contributed by atoms with Crippen molar-refractivity contribution >= 4 is 29.4 Å². The van der Waals surface area contributed by atoms with Gasteiger partial charge in [0.15, 0.2) is 0 Å². The number of aryl methyl sites for hydroxylation is 1. The SMILES string of the molecule is C=CCC.C=O.CNCCN1CCN(c2ncc(C(=O)NO)cn2)CC1.Cc1ccc2ccccc2c1. The van der Waals surface area contributed by atoms with Crippen molar-refractivity contribution in [1.82, 2.24) is 25.7 Å². The molecular weight excluding hydrogens is 468 g/mol. The number of carbonyl (C=O) groups is 2. The van der Waals surface area contributed by atoms with Crippen LogP contribution >= 0.6 is 0 Å². The maximum Gasteiger partial charge on any atom is 0.277 e. The standard InChI is InChI=1S/C12H20N6O2.C11H10.C4H8.CH2O/c1-13-2-3-17-4-6-18(7-5-17)12-14-8-10(9-15-12)11(19)16-20;1-9-6-7-10-4-2-3-5-11(10)8-9;1-3-4-2;1-2/h8-9,13,20H,2-7H2,1H3,(H,16,19);2-8H,1H3;3H,1,4H2,2H3;1H2. The minimum atomic E-state index is -0.603. The molecule has 1 aromatic heterocycles. The molecule has 1 aliphatic rings. The first-order valence-electron chi connectivity index (χ1n) is 12.3. The van der Waals surface area contributed by atoms with Crippen molar-refractivity contribution in [3.8, 4) is 0 Å².